The third-order valence-corrected chi connectivity index (χ3v) is 2.98. The van der Waals surface area contributed by atoms with Gasteiger partial charge in [-0.25, -0.2) is 9.97 Å². The van der Waals surface area contributed by atoms with Gasteiger partial charge in [-0.3, -0.25) is 9.36 Å². The van der Waals surface area contributed by atoms with Crippen LogP contribution in [0.1, 0.15) is 0 Å². The molecule has 0 aliphatic rings. The van der Waals surface area contributed by atoms with E-state index in [0.29, 0.717) is 16.2 Å². The molecule has 0 fully saturated rings. The quantitative estimate of drug-likeness (QED) is 0.393. The van der Waals surface area contributed by atoms with Crippen LogP contribution in [-0.2, 0) is 7.05 Å². The molecule has 2 rings (SSSR count). The molecule has 0 amide bonds. The van der Waals surface area contributed by atoms with Crippen LogP contribution in [0.15, 0.2) is 22.2 Å². The third-order valence-electron chi connectivity index (χ3n) is 2.41. The molecule has 17 heavy (non-hydrogen) atoms. The predicted octanol–water partition coefficient (Wildman–Crippen LogP) is -1.27. The van der Waals surface area contributed by atoms with Gasteiger partial charge in [-0.15, -0.1) is 0 Å². The maximum atomic E-state index is 11.8. The van der Waals surface area contributed by atoms with Gasteiger partial charge in [-0.1, -0.05) is 11.8 Å². The summed E-state index contributed by atoms with van der Waals surface area (Å²) in [5.41, 5.74) is -0.0856. The van der Waals surface area contributed by atoms with Crippen molar-refractivity contribution in [2.24, 2.45) is 7.05 Å². The van der Waals surface area contributed by atoms with Crippen LogP contribution in [0.5, 0.6) is 0 Å². The number of aromatic nitrogens is 3. The van der Waals surface area contributed by atoms with Gasteiger partial charge < -0.3 is 10.0 Å². The molecule has 0 aromatic carbocycles. The van der Waals surface area contributed by atoms with Crippen molar-refractivity contribution in [1.29, 1.82) is 0 Å². The lowest BCUT2D eigenvalue weighted by Gasteiger charge is -2.07. The second kappa shape index (κ2) is 4.48. The number of hydrogen-bond acceptors (Lipinski definition) is 6. The molecular formula is C9H10BN3O3S. The number of thioether (sulfide) groups is 1. The zero-order valence-corrected chi connectivity index (χ0v) is 10.1. The molecule has 0 saturated heterocycles. The Balaban J connectivity index is 2.81. The molecule has 0 bridgehead atoms. The molecular weight excluding hydrogens is 241 g/mol. The Kier molecular flexibility index (Phi) is 3.18. The zero-order valence-electron chi connectivity index (χ0n) is 9.28. The van der Waals surface area contributed by atoms with Crippen molar-refractivity contribution in [2.75, 3.05) is 6.26 Å². The fourth-order valence-electron chi connectivity index (χ4n) is 1.54. The minimum absolute atomic E-state index is 0.0829. The third kappa shape index (κ3) is 2.06. The van der Waals surface area contributed by atoms with Crippen molar-refractivity contribution < 1.29 is 10.0 Å². The standard InChI is InChI=1S/C9H10BN3O3S/c1-13-7-5(4-11-9(12-7)17-2)3-6(8(13)14)10(15)16/h3-4,15-16H,1-2H3. The molecule has 0 unspecified atom stereocenters. The maximum Gasteiger partial charge on any atom is 0.494 e. The minimum Gasteiger partial charge on any atom is -0.423 e. The molecule has 0 saturated carbocycles. The van der Waals surface area contributed by atoms with Crippen LogP contribution in [-0.4, -0.2) is 38.0 Å². The van der Waals surface area contributed by atoms with E-state index in [4.69, 9.17) is 10.0 Å². The molecule has 0 spiro atoms. The zero-order chi connectivity index (χ0) is 12.6. The van der Waals surface area contributed by atoms with Gasteiger partial charge >= 0.3 is 7.12 Å². The first-order valence-corrected chi connectivity index (χ1v) is 6.04. The summed E-state index contributed by atoms with van der Waals surface area (Å²) >= 11 is 1.37. The summed E-state index contributed by atoms with van der Waals surface area (Å²) in [6, 6.07) is 1.40. The van der Waals surface area contributed by atoms with Gasteiger partial charge in [0.2, 0.25) is 0 Å². The fraction of sp³-hybridized carbons (Fsp3) is 0.222. The Morgan fingerprint density at radius 2 is 2.18 bits per heavy atom. The molecule has 0 aliphatic heterocycles. The first-order valence-electron chi connectivity index (χ1n) is 4.81. The highest BCUT2D eigenvalue weighted by atomic mass is 32.2. The van der Waals surface area contributed by atoms with Crippen LogP contribution in [0.2, 0.25) is 0 Å². The summed E-state index contributed by atoms with van der Waals surface area (Å²) in [6.45, 7) is 0. The van der Waals surface area contributed by atoms with E-state index in [1.165, 1.54) is 29.4 Å². The molecule has 2 aromatic heterocycles. The minimum atomic E-state index is -1.79. The highest BCUT2D eigenvalue weighted by Crippen LogP contribution is 2.12. The monoisotopic (exact) mass is 251 g/mol. The van der Waals surface area contributed by atoms with Crippen LogP contribution in [0.3, 0.4) is 0 Å². The number of fused-ring (bicyclic) bond motifs is 1. The first kappa shape index (κ1) is 12.1. The molecule has 88 valence electrons. The first-order chi connectivity index (χ1) is 8.04. The smallest absolute Gasteiger partial charge is 0.423 e. The Morgan fingerprint density at radius 1 is 1.47 bits per heavy atom. The van der Waals surface area contributed by atoms with Gasteiger partial charge in [-0.2, -0.15) is 0 Å². The average Bonchev–Trinajstić information content (AvgIpc) is 2.33. The average molecular weight is 251 g/mol. The molecule has 2 N–H and O–H groups in total. The van der Waals surface area contributed by atoms with Crippen molar-refractivity contribution in [3.05, 3.63) is 22.6 Å². The van der Waals surface area contributed by atoms with Gasteiger partial charge in [0, 0.05) is 24.1 Å². The topological polar surface area (TPSA) is 88.2 Å². The van der Waals surface area contributed by atoms with Gasteiger partial charge in [0.25, 0.3) is 5.56 Å². The van der Waals surface area contributed by atoms with E-state index >= 15 is 0 Å². The van der Waals surface area contributed by atoms with Crippen LogP contribution < -0.4 is 11.0 Å². The summed E-state index contributed by atoms with van der Waals surface area (Å²) in [7, 11) is -0.258. The number of aryl methyl sites for hydroxylation is 1. The number of pyridine rings is 1. The van der Waals surface area contributed by atoms with Gasteiger partial charge in [0.15, 0.2) is 5.16 Å². The summed E-state index contributed by atoms with van der Waals surface area (Å²) < 4.78 is 1.28. The Labute approximate surface area is 101 Å². The summed E-state index contributed by atoms with van der Waals surface area (Å²) in [5, 5.41) is 19.3. The van der Waals surface area contributed by atoms with Gasteiger partial charge in [0.05, 0.1) is 0 Å². The Hall–Kier alpha value is -1.38. The molecule has 2 heterocycles. The van der Waals surface area contributed by atoms with Crippen LogP contribution in [0, 0.1) is 0 Å². The number of hydrogen-bond donors (Lipinski definition) is 2. The van der Waals surface area contributed by atoms with E-state index < -0.39 is 12.7 Å². The van der Waals surface area contributed by atoms with E-state index in [2.05, 4.69) is 9.97 Å². The molecule has 2 aromatic rings. The summed E-state index contributed by atoms with van der Waals surface area (Å²) in [6.07, 6.45) is 3.39. The molecule has 0 atom stereocenters. The molecule has 6 nitrogen and oxygen atoms in total. The van der Waals surface area contributed by atoms with Crippen LogP contribution in [0.25, 0.3) is 11.0 Å². The SMILES string of the molecule is CSc1ncc2cc(B(O)O)c(=O)n(C)c2n1. The number of rotatable bonds is 2. The van der Waals surface area contributed by atoms with Crippen molar-refractivity contribution >= 4 is 35.4 Å². The normalized spacial score (nSPS) is 10.8. The van der Waals surface area contributed by atoms with Crippen LogP contribution >= 0.6 is 11.8 Å². The van der Waals surface area contributed by atoms with E-state index in [1.54, 1.807) is 6.20 Å². The van der Waals surface area contributed by atoms with E-state index in [0.717, 1.165) is 0 Å². The second-order valence-electron chi connectivity index (χ2n) is 3.47. The van der Waals surface area contributed by atoms with E-state index in [9.17, 15) is 4.79 Å². The summed E-state index contributed by atoms with van der Waals surface area (Å²) in [5.74, 6) is 0. The molecule has 0 aliphatic carbocycles. The second-order valence-corrected chi connectivity index (χ2v) is 4.25. The lowest BCUT2D eigenvalue weighted by molar-refractivity contribution is 0.425. The highest BCUT2D eigenvalue weighted by Gasteiger charge is 2.18. The van der Waals surface area contributed by atoms with Crippen LogP contribution in [0.4, 0.5) is 0 Å². The van der Waals surface area contributed by atoms with E-state index in [1.807, 2.05) is 6.26 Å². The molecule has 8 heteroatoms. The molecule has 0 radical (unpaired) electrons. The van der Waals surface area contributed by atoms with Gasteiger partial charge in [0.1, 0.15) is 5.65 Å². The number of nitrogens with zero attached hydrogens (tertiary/aromatic N) is 3. The van der Waals surface area contributed by atoms with Crippen molar-refractivity contribution in [3.8, 4) is 0 Å². The predicted molar refractivity (Wildman–Crippen MR) is 66.4 cm³/mol. The van der Waals surface area contributed by atoms with Crippen molar-refractivity contribution in [1.82, 2.24) is 14.5 Å². The van der Waals surface area contributed by atoms with Crippen molar-refractivity contribution in [2.45, 2.75) is 5.16 Å². The van der Waals surface area contributed by atoms with Gasteiger partial charge in [-0.05, 0) is 12.3 Å². The highest BCUT2D eigenvalue weighted by molar-refractivity contribution is 7.98. The summed E-state index contributed by atoms with van der Waals surface area (Å²) in [4.78, 5) is 20.1. The van der Waals surface area contributed by atoms with Crippen molar-refractivity contribution in [3.63, 3.8) is 0 Å². The van der Waals surface area contributed by atoms with E-state index in [-0.39, 0.29) is 5.46 Å². The lowest BCUT2D eigenvalue weighted by atomic mass is 9.81. The lowest BCUT2D eigenvalue weighted by Crippen LogP contribution is -2.45. The Bertz CT molecular complexity index is 629. The largest absolute Gasteiger partial charge is 0.494 e. The fourth-order valence-corrected chi connectivity index (χ4v) is 1.88. The Morgan fingerprint density at radius 3 is 2.76 bits per heavy atom. The maximum absolute atomic E-state index is 11.8.